The molecule has 2 nitrogen and oxygen atoms in total. The number of nitrogens with zero attached hydrogens (tertiary/aromatic N) is 2. The van der Waals surface area contributed by atoms with Gasteiger partial charge in [-0.2, -0.15) is 0 Å². The van der Waals surface area contributed by atoms with E-state index < -0.39 is 0 Å². The van der Waals surface area contributed by atoms with Crippen LogP contribution in [0.5, 0.6) is 0 Å². The first-order valence-electron chi connectivity index (χ1n) is 5.02. The molecule has 0 spiro atoms. The highest BCUT2D eigenvalue weighted by Gasteiger charge is 2.03. The fourth-order valence-corrected chi connectivity index (χ4v) is 2.04. The standard InChI is InChI=1S/C13H9ClN2/c14-12-8-11(10-4-2-1-3-5-10)9-13-15-6-7-16(12)13/h1-9H. The van der Waals surface area contributed by atoms with Crippen LogP contribution in [-0.4, -0.2) is 9.38 Å². The van der Waals surface area contributed by atoms with Crippen molar-refractivity contribution in [2.45, 2.75) is 0 Å². The minimum Gasteiger partial charge on any atom is -0.290 e. The van der Waals surface area contributed by atoms with E-state index in [4.69, 9.17) is 11.6 Å². The van der Waals surface area contributed by atoms with Crippen LogP contribution >= 0.6 is 11.6 Å². The number of halogens is 1. The number of pyridine rings is 1. The van der Waals surface area contributed by atoms with Crippen molar-refractivity contribution in [3.8, 4) is 11.1 Å². The maximum Gasteiger partial charge on any atom is 0.138 e. The van der Waals surface area contributed by atoms with Gasteiger partial charge < -0.3 is 0 Å². The van der Waals surface area contributed by atoms with Gasteiger partial charge in [0.2, 0.25) is 0 Å². The van der Waals surface area contributed by atoms with E-state index in [1.165, 1.54) is 0 Å². The van der Waals surface area contributed by atoms with Crippen molar-refractivity contribution in [1.29, 1.82) is 0 Å². The molecule has 1 aromatic carbocycles. The van der Waals surface area contributed by atoms with Crippen molar-refractivity contribution in [2.24, 2.45) is 0 Å². The molecule has 2 aromatic heterocycles. The third-order valence-electron chi connectivity index (χ3n) is 2.57. The second kappa shape index (κ2) is 3.65. The Hall–Kier alpha value is -1.80. The van der Waals surface area contributed by atoms with Crippen LogP contribution < -0.4 is 0 Å². The van der Waals surface area contributed by atoms with Crippen molar-refractivity contribution >= 4 is 17.2 Å². The summed E-state index contributed by atoms with van der Waals surface area (Å²) in [6, 6.07) is 14.1. The average Bonchev–Trinajstić information content (AvgIpc) is 2.79. The van der Waals surface area contributed by atoms with Crippen LogP contribution in [0.2, 0.25) is 5.15 Å². The maximum atomic E-state index is 6.18. The first kappa shape index (κ1) is 9.43. The van der Waals surface area contributed by atoms with E-state index in [1.54, 1.807) is 6.20 Å². The topological polar surface area (TPSA) is 17.3 Å². The number of imidazole rings is 1. The molecule has 0 radical (unpaired) electrons. The van der Waals surface area contributed by atoms with Gasteiger partial charge in [0.1, 0.15) is 10.8 Å². The molecule has 0 aliphatic rings. The fourth-order valence-electron chi connectivity index (χ4n) is 1.78. The predicted molar refractivity (Wildman–Crippen MR) is 65.6 cm³/mol. The van der Waals surface area contributed by atoms with Crippen LogP contribution in [0.25, 0.3) is 16.8 Å². The molecule has 3 rings (SSSR count). The average molecular weight is 229 g/mol. The Bertz CT molecular complexity index is 629. The van der Waals surface area contributed by atoms with Gasteiger partial charge in [0.25, 0.3) is 0 Å². The van der Waals surface area contributed by atoms with Gasteiger partial charge in [0.05, 0.1) is 0 Å². The van der Waals surface area contributed by atoms with E-state index in [1.807, 2.05) is 40.9 Å². The van der Waals surface area contributed by atoms with Gasteiger partial charge in [-0.3, -0.25) is 4.40 Å². The second-order valence-electron chi connectivity index (χ2n) is 3.59. The summed E-state index contributed by atoms with van der Waals surface area (Å²) in [5, 5.41) is 0.675. The number of rotatable bonds is 1. The molecule has 0 atom stereocenters. The van der Waals surface area contributed by atoms with E-state index in [-0.39, 0.29) is 0 Å². The Morgan fingerprint density at radius 1 is 1.00 bits per heavy atom. The third kappa shape index (κ3) is 1.48. The molecule has 0 saturated carbocycles. The fraction of sp³-hybridized carbons (Fsp3) is 0. The lowest BCUT2D eigenvalue weighted by Crippen LogP contribution is -1.87. The molecule has 78 valence electrons. The van der Waals surface area contributed by atoms with E-state index in [0.717, 1.165) is 16.8 Å². The molecule has 0 aliphatic carbocycles. The minimum absolute atomic E-state index is 0.675. The van der Waals surface area contributed by atoms with E-state index in [9.17, 15) is 0 Å². The number of fused-ring (bicyclic) bond motifs is 1. The van der Waals surface area contributed by atoms with Crippen LogP contribution in [0.15, 0.2) is 54.9 Å². The summed E-state index contributed by atoms with van der Waals surface area (Å²) in [5.74, 6) is 0. The van der Waals surface area contributed by atoms with E-state index in [2.05, 4.69) is 17.1 Å². The van der Waals surface area contributed by atoms with Crippen molar-refractivity contribution in [3.05, 3.63) is 60.0 Å². The molecular weight excluding hydrogens is 220 g/mol. The predicted octanol–water partition coefficient (Wildman–Crippen LogP) is 3.65. The van der Waals surface area contributed by atoms with E-state index >= 15 is 0 Å². The summed E-state index contributed by atoms with van der Waals surface area (Å²) < 4.78 is 1.86. The van der Waals surface area contributed by atoms with Crippen LogP contribution in [0.1, 0.15) is 0 Å². The molecule has 2 heterocycles. The molecule has 0 bridgehead atoms. The van der Waals surface area contributed by atoms with Gasteiger partial charge in [0, 0.05) is 12.4 Å². The van der Waals surface area contributed by atoms with Crippen molar-refractivity contribution in [1.82, 2.24) is 9.38 Å². The second-order valence-corrected chi connectivity index (χ2v) is 3.98. The maximum absolute atomic E-state index is 6.18. The lowest BCUT2D eigenvalue weighted by Gasteiger charge is -2.04. The molecule has 0 fully saturated rings. The first-order valence-corrected chi connectivity index (χ1v) is 5.40. The van der Waals surface area contributed by atoms with Gasteiger partial charge in [-0.15, -0.1) is 0 Å². The summed E-state index contributed by atoms with van der Waals surface area (Å²) in [7, 11) is 0. The molecule has 3 aromatic rings. The van der Waals surface area contributed by atoms with Crippen LogP contribution in [-0.2, 0) is 0 Å². The molecule has 16 heavy (non-hydrogen) atoms. The van der Waals surface area contributed by atoms with Gasteiger partial charge in [0.15, 0.2) is 0 Å². The molecule has 3 heteroatoms. The first-order chi connectivity index (χ1) is 7.84. The number of aromatic nitrogens is 2. The van der Waals surface area contributed by atoms with Crippen molar-refractivity contribution < 1.29 is 0 Å². The Kier molecular flexibility index (Phi) is 2.15. The highest BCUT2D eigenvalue weighted by molar-refractivity contribution is 6.30. The highest BCUT2D eigenvalue weighted by Crippen LogP contribution is 2.24. The molecule has 0 aliphatic heterocycles. The minimum atomic E-state index is 0.675. The molecular formula is C13H9ClN2. The van der Waals surface area contributed by atoms with Crippen molar-refractivity contribution in [2.75, 3.05) is 0 Å². The number of benzene rings is 1. The third-order valence-corrected chi connectivity index (χ3v) is 2.86. The molecule has 0 unspecified atom stereocenters. The molecule has 0 N–H and O–H groups in total. The van der Waals surface area contributed by atoms with Gasteiger partial charge in [-0.05, 0) is 23.3 Å². The van der Waals surface area contributed by atoms with Crippen LogP contribution in [0, 0.1) is 0 Å². The zero-order chi connectivity index (χ0) is 11.0. The number of hydrogen-bond acceptors (Lipinski definition) is 1. The Morgan fingerprint density at radius 2 is 1.81 bits per heavy atom. The summed E-state index contributed by atoms with van der Waals surface area (Å²) in [5.41, 5.74) is 3.10. The monoisotopic (exact) mass is 228 g/mol. The zero-order valence-corrected chi connectivity index (χ0v) is 9.22. The van der Waals surface area contributed by atoms with E-state index in [0.29, 0.717) is 5.15 Å². The Labute approximate surface area is 98.1 Å². The zero-order valence-electron chi connectivity index (χ0n) is 8.47. The molecule has 0 amide bonds. The highest BCUT2D eigenvalue weighted by atomic mass is 35.5. The quantitative estimate of drug-likeness (QED) is 0.581. The smallest absolute Gasteiger partial charge is 0.138 e. The SMILES string of the molecule is Clc1cc(-c2ccccc2)cc2nccn12. The lowest BCUT2D eigenvalue weighted by molar-refractivity contribution is 1.19. The van der Waals surface area contributed by atoms with Gasteiger partial charge >= 0.3 is 0 Å². The summed E-state index contributed by atoms with van der Waals surface area (Å²) >= 11 is 6.18. The van der Waals surface area contributed by atoms with Gasteiger partial charge in [-0.1, -0.05) is 41.9 Å². The Balaban J connectivity index is 2.25. The summed E-state index contributed by atoms with van der Waals surface area (Å²) in [4.78, 5) is 4.24. The van der Waals surface area contributed by atoms with Crippen molar-refractivity contribution in [3.63, 3.8) is 0 Å². The normalized spacial score (nSPS) is 10.8. The van der Waals surface area contributed by atoms with Crippen LogP contribution in [0.3, 0.4) is 0 Å². The summed E-state index contributed by atoms with van der Waals surface area (Å²) in [6.07, 6.45) is 3.60. The van der Waals surface area contributed by atoms with Gasteiger partial charge in [-0.25, -0.2) is 4.98 Å². The Morgan fingerprint density at radius 3 is 2.62 bits per heavy atom. The lowest BCUT2D eigenvalue weighted by atomic mass is 10.1. The largest absolute Gasteiger partial charge is 0.290 e. The molecule has 0 saturated heterocycles. The summed E-state index contributed by atoms with van der Waals surface area (Å²) in [6.45, 7) is 0. The number of hydrogen-bond donors (Lipinski definition) is 0. The van der Waals surface area contributed by atoms with Crippen LogP contribution in [0.4, 0.5) is 0 Å².